The third-order valence-corrected chi connectivity index (χ3v) is 4.38. The van der Waals surface area contributed by atoms with E-state index in [2.05, 4.69) is 0 Å². The van der Waals surface area contributed by atoms with Crippen molar-refractivity contribution in [3.63, 3.8) is 0 Å². The highest BCUT2D eigenvalue weighted by molar-refractivity contribution is 5.99. The van der Waals surface area contributed by atoms with E-state index in [4.69, 9.17) is 9.47 Å². The van der Waals surface area contributed by atoms with Crippen molar-refractivity contribution in [1.29, 1.82) is 0 Å². The lowest BCUT2D eigenvalue weighted by molar-refractivity contribution is -0.122. The first kappa shape index (κ1) is 17.0. The van der Waals surface area contributed by atoms with Crippen molar-refractivity contribution in [3.05, 3.63) is 59.2 Å². The van der Waals surface area contributed by atoms with E-state index in [1.54, 1.807) is 17.0 Å². The molecule has 0 saturated heterocycles. The number of nitrogens with zero attached hydrogens (tertiary/aromatic N) is 1. The molecule has 1 atom stereocenters. The molecule has 0 saturated carbocycles. The molecule has 0 bridgehead atoms. The molecule has 1 heterocycles. The molecule has 0 N–H and O–H groups in total. The van der Waals surface area contributed by atoms with E-state index >= 15 is 0 Å². The second-order valence-electron chi connectivity index (χ2n) is 6.23. The molecule has 2 aromatic rings. The number of hydrogen-bond donors (Lipinski definition) is 0. The van der Waals surface area contributed by atoms with Crippen LogP contribution in [0.4, 0.5) is 5.69 Å². The molecule has 5 nitrogen and oxygen atoms in total. The van der Waals surface area contributed by atoms with Crippen LogP contribution in [0.2, 0.25) is 0 Å². The van der Waals surface area contributed by atoms with Crippen molar-refractivity contribution >= 4 is 17.6 Å². The number of anilines is 1. The molecule has 130 valence electrons. The molecule has 0 aliphatic carbocycles. The Bertz CT molecular complexity index is 815. The third kappa shape index (κ3) is 3.36. The lowest BCUT2D eigenvalue weighted by atomic mass is 10.1. The first-order valence-electron chi connectivity index (χ1n) is 8.23. The quantitative estimate of drug-likeness (QED) is 0.803. The van der Waals surface area contributed by atoms with E-state index in [1.807, 2.05) is 44.2 Å². The monoisotopic (exact) mass is 339 g/mol. The number of benzene rings is 2. The summed E-state index contributed by atoms with van der Waals surface area (Å²) in [7, 11) is 1.50. The maximum absolute atomic E-state index is 12.6. The van der Waals surface area contributed by atoms with Gasteiger partial charge in [0.05, 0.1) is 7.11 Å². The maximum Gasteiger partial charge on any atom is 0.342 e. The summed E-state index contributed by atoms with van der Waals surface area (Å²) in [4.78, 5) is 26.6. The van der Waals surface area contributed by atoms with E-state index in [-0.39, 0.29) is 18.6 Å². The first-order chi connectivity index (χ1) is 12.0. The zero-order valence-electron chi connectivity index (χ0n) is 14.6. The standard InChI is InChI=1S/C20H21NO4/c1-13-8-9-18(24-3)16(10-13)20(23)25-12-19(22)21-14(2)11-15-6-4-5-7-17(15)21/h4-10,14H,11-12H2,1-3H3/t14-/m1/s1. The van der Waals surface area contributed by atoms with Crippen molar-refractivity contribution in [2.24, 2.45) is 0 Å². The maximum atomic E-state index is 12.6. The molecule has 25 heavy (non-hydrogen) atoms. The van der Waals surface area contributed by atoms with Gasteiger partial charge in [0.2, 0.25) is 0 Å². The summed E-state index contributed by atoms with van der Waals surface area (Å²) in [5.74, 6) is -0.352. The summed E-state index contributed by atoms with van der Waals surface area (Å²) < 4.78 is 10.4. The fourth-order valence-corrected chi connectivity index (χ4v) is 3.20. The molecule has 1 aliphatic heterocycles. The highest BCUT2D eigenvalue weighted by Crippen LogP contribution is 2.31. The van der Waals surface area contributed by atoms with Crippen LogP contribution in [0, 0.1) is 6.92 Å². The number of amides is 1. The number of carbonyl (C=O) groups is 2. The Morgan fingerprint density at radius 2 is 1.96 bits per heavy atom. The van der Waals surface area contributed by atoms with Crippen LogP contribution in [0.3, 0.4) is 0 Å². The van der Waals surface area contributed by atoms with Gasteiger partial charge in [-0.1, -0.05) is 29.8 Å². The summed E-state index contributed by atoms with van der Waals surface area (Å²) in [6, 6.07) is 13.1. The van der Waals surface area contributed by atoms with Crippen LogP contribution in [0.5, 0.6) is 5.75 Å². The Hall–Kier alpha value is -2.82. The smallest absolute Gasteiger partial charge is 0.342 e. The van der Waals surface area contributed by atoms with Crippen LogP contribution in [-0.2, 0) is 16.0 Å². The van der Waals surface area contributed by atoms with Gasteiger partial charge in [0, 0.05) is 11.7 Å². The predicted octanol–water partition coefficient (Wildman–Crippen LogP) is 3.14. The summed E-state index contributed by atoms with van der Waals surface area (Å²) in [5, 5.41) is 0. The minimum absolute atomic E-state index is 0.0529. The minimum Gasteiger partial charge on any atom is -0.496 e. The largest absolute Gasteiger partial charge is 0.496 e. The Kier molecular flexibility index (Phi) is 4.74. The summed E-state index contributed by atoms with van der Waals surface area (Å²) in [5.41, 5.74) is 3.27. The Balaban J connectivity index is 1.71. The van der Waals surface area contributed by atoms with E-state index in [0.29, 0.717) is 11.3 Å². The molecule has 0 aromatic heterocycles. The Labute approximate surface area is 147 Å². The number of carbonyl (C=O) groups excluding carboxylic acids is 2. The molecule has 5 heteroatoms. The van der Waals surface area contributed by atoms with Gasteiger partial charge in [-0.25, -0.2) is 4.79 Å². The van der Waals surface area contributed by atoms with Crippen LogP contribution in [0.15, 0.2) is 42.5 Å². The third-order valence-electron chi connectivity index (χ3n) is 4.38. The molecule has 3 rings (SSSR count). The van der Waals surface area contributed by atoms with E-state index < -0.39 is 5.97 Å². The fourth-order valence-electron chi connectivity index (χ4n) is 3.20. The molecule has 2 aromatic carbocycles. The second-order valence-corrected chi connectivity index (χ2v) is 6.23. The van der Waals surface area contributed by atoms with Gasteiger partial charge < -0.3 is 14.4 Å². The first-order valence-corrected chi connectivity index (χ1v) is 8.23. The van der Waals surface area contributed by atoms with Crippen LogP contribution in [-0.4, -0.2) is 31.6 Å². The van der Waals surface area contributed by atoms with Crippen LogP contribution in [0.1, 0.15) is 28.4 Å². The topological polar surface area (TPSA) is 55.8 Å². The number of methoxy groups -OCH3 is 1. The number of para-hydroxylation sites is 1. The SMILES string of the molecule is COc1ccc(C)cc1C(=O)OCC(=O)N1c2ccccc2C[C@H]1C. The van der Waals surface area contributed by atoms with Crippen molar-refractivity contribution in [3.8, 4) is 5.75 Å². The fraction of sp³-hybridized carbons (Fsp3) is 0.300. The van der Waals surface area contributed by atoms with Gasteiger partial charge in [0.1, 0.15) is 11.3 Å². The van der Waals surface area contributed by atoms with Gasteiger partial charge in [-0.15, -0.1) is 0 Å². The predicted molar refractivity (Wildman–Crippen MR) is 95.1 cm³/mol. The van der Waals surface area contributed by atoms with Gasteiger partial charge in [-0.3, -0.25) is 4.79 Å². The van der Waals surface area contributed by atoms with E-state index in [9.17, 15) is 9.59 Å². The van der Waals surface area contributed by atoms with E-state index in [0.717, 1.165) is 23.2 Å². The average Bonchev–Trinajstić information content (AvgIpc) is 2.95. The molecular weight excluding hydrogens is 318 g/mol. The van der Waals surface area contributed by atoms with Crippen molar-refractivity contribution < 1.29 is 19.1 Å². The molecule has 0 radical (unpaired) electrons. The van der Waals surface area contributed by atoms with Crippen molar-refractivity contribution in [2.75, 3.05) is 18.6 Å². The summed E-state index contributed by atoms with van der Waals surface area (Å²) in [6.45, 7) is 3.57. The van der Waals surface area contributed by atoms with Gasteiger partial charge in [0.25, 0.3) is 5.91 Å². The number of ether oxygens (including phenoxy) is 2. The molecule has 1 aliphatic rings. The van der Waals surface area contributed by atoms with Crippen LogP contribution >= 0.6 is 0 Å². The second kappa shape index (κ2) is 6.97. The average molecular weight is 339 g/mol. The number of rotatable bonds is 4. The lowest BCUT2D eigenvalue weighted by Crippen LogP contribution is -2.38. The van der Waals surface area contributed by atoms with E-state index in [1.165, 1.54) is 7.11 Å². The Morgan fingerprint density at radius 1 is 1.20 bits per heavy atom. The molecule has 0 fully saturated rings. The zero-order valence-corrected chi connectivity index (χ0v) is 14.6. The van der Waals surface area contributed by atoms with Crippen molar-refractivity contribution in [1.82, 2.24) is 0 Å². The number of aryl methyl sites for hydroxylation is 1. The molecule has 0 unspecified atom stereocenters. The number of hydrogen-bond acceptors (Lipinski definition) is 4. The zero-order chi connectivity index (χ0) is 18.0. The Morgan fingerprint density at radius 3 is 2.72 bits per heavy atom. The number of esters is 1. The van der Waals surface area contributed by atoms with Gasteiger partial charge in [-0.05, 0) is 44.0 Å². The number of fused-ring (bicyclic) bond motifs is 1. The molecule has 0 spiro atoms. The highest BCUT2D eigenvalue weighted by Gasteiger charge is 2.31. The van der Waals surface area contributed by atoms with Crippen molar-refractivity contribution in [2.45, 2.75) is 26.3 Å². The normalized spacial score (nSPS) is 15.6. The van der Waals surface area contributed by atoms with Crippen LogP contribution in [0.25, 0.3) is 0 Å². The van der Waals surface area contributed by atoms with Gasteiger partial charge in [0.15, 0.2) is 6.61 Å². The molecular formula is C20H21NO4. The van der Waals surface area contributed by atoms with Gasteiger partial charge >= 0.3 is 5.97 Å². The summed E-state index contributed by atoms with van der Waals surface area (Å²) >= 11 is 0. The van der Waals surface area contributed by atoms with Gasteiger partial charge in [-0.2, -0.15) is 0 Å². The van der Waals surface area contributed by atoms with Crippen LogP contribution < -0.4 is 9.64 Å². The highest BCUT2D eigenvalue weighted by atomic mass is 16.5. The minimum atomic E-state index is -0.561. The molecule has 1 amide bonds. The lowest BCUT2D eigenvalue weighted by Gasteiger charge is -2.22. The summed E-state index contributed by atoms with van der Waals surface area (Å²) in [6.07, 6.45) is 0.807.